The number of anilines is 1. The van der Waals surface area contributed by atoms with Gasteiger partial charge in [-0.05, 0) is 36.2 Å². The Morgan fingerprint density at radius 3 is 2.83 bits per heavy atom. The van der Waals surface area contributed by atoms with Gasteiger partial charge in [0.1, 0.15) is 6.61 Å². The molecule has 0 radical (unpaired) electrons. The summed E-state index contributed by atoms with van der Waals surface area (Å²) in [5, 5.41) is 4.15. The molecule has 0 aliphatic carbocycles. The maximum absolute atomic E-state index is 11.1. The smallest absolute Gasteiger partial charge is 0.278 e. The van der Waals surface area contributed by atoms with Gasteiger partial charge < -0.3 is 0 Å². The molecule has 0 atom stereocenters. The van der Waals surface area contributed by atoms with E-state index in [4.69, 9.17) is 0 Å². The van der Waals surface area contributed by atoms with Crippen LogP contribution in [0, 0.1) is 6.92 Å². The van der Waals surface area contributed by atoms with Crippen molar-refractivity contribution in [3.8, 4) is 0 Å². The fourth-order valence-corrected chi connectivity index (χ4v) is 2.07. The molecule has 0 bridgehead atoms. The zero-order valence-corrected chi connectivity index (χ0v) is 13.6. The van der Waals surface area contributed by atoms with Gasteiger partial charge in [0.25, 0.3) is 0 Å². The number of nitrogens with one attached hydrogen (secondary N) is 1. The number of aryl methyl sites for hydroxylation is 1. The summed E-state index contributed by atoms with van der Waals surface area (Å²) in [4.78, 5) is 4.03. The van der Waals surface area contributed by atoms with E-state index in [2.05, 4.69) is 23.9 Å². The Hall–Kier alpha value is -2.29. The lowest BCUT2D eigenvalue weighted by molar-refractivity contribution is 0.233. The van der Waals surface area contributed by atoms with E-state index in [1.54, 1.807) is 24.5 Å². The van der Waals surface area contributed by atoms with Crippen molar-refractivity contribution in [2.75, 3.05) is 12.5 Å². The number of aromatic nitrogens is 1. The monoisotopic (exact) mass is 335 g/mol. The van der Waals surface area contributed by atoms with Crippen molar-refractivity contribution in [2.24, 2.45) is 5.10 Å². The predicted molar refractivity (Wildman–Crippen MR) is 87.4 cm³/mol. The summed E-state index contributed by atoms with van der Waals surface area (Å²) >= 11 is 0. The SMILES string of the molecule is COS(=O)(=O)OCc1cc(C=NNc2ccccc2C)ccn1. The second kappa shape index (κ2) is 7.82. The Morgan fingerprint density at radius 1 is 1.30 bits per heavy atom. The van der Waals surface area contributed by atoms with Crippen LogP contribution in [0.4, 0.5) is 5.69 Å². The minimum atomic E-state index is -3.97. The maximum Gasteiger partial charge on any atom is 0.399 e. The number of para-hydroxylation sites is 1. The highest BCUT2D eigenvalue weighted by atomic mass is 32.3. The van der Waals surface area contributed by atoms with Gasteiger partial charge in [0, 0.05) is 6.20 Å². The summed E-state index contributed by atoms with van der Waals surface area (Å²) in [5.41, 5.74) is 6.15. The molecule has 0 spiro atoms. The topological polar surface area (TPSA) is 89.9 Å². The summed E-state index contributed by atoms with van der Waals surface area (Å²) < 4.78 is 31.1. The van der Waals surface area contributed by atoms with E-state index < -0.39 is 10.4 Å². The van der Waals surface area contributed by atoms with Gasteiger partial charge in [0.15, 0.2) is 0 Å². The van der Waals surface area contributed by atoms with Gasteiger partial charge in [-0.2, -0.15) is 13.5 Å². The largest absolute Gasteiger partial charge is 0.399 e. The first-order valence-corrected chi connectivity index (χ1v) is 8.08. The zero-order chi connectivity index (χ0) is 16.7. The van der Waals surface area contributed by atoms with Crippen LogP contribution in [0.25, 0.3) is 0 Å². The number of rotatable bonds is 7. The Labute approximate surface area is 135 Å². The molecule has 23 heavy (non-hydrogen) atoms. The summed E-state index contributed by atoms with van der Waals surface area (Å²) in [6, 6.07) is 11.2. The zero-order valence-electron chi connectivity index (χ0n) is 12.8. The van der Waals surface area contributed by atoms with Gasteiger partial charge >= 0.3 is 10.4 Å². The number of nitrogens with zero attached hydrogens (tertiary/aromatic N) is 2. The van der Waals surface area contributed by atoms with E-state index in [0.29, 0.717) is 5.69 Å². The highest BCUT2D eigenvalue weighted by molar-refractivity contribution is 7.81. The van der Waals surface area contributed by atoms with Crippen molar-refractivity contribution >= 4 is 22.3 Å². The molecule has 8 heteroatoms. The molecule has 0 unspecified atom stereocenters. The van der Waals surface area contributed by atoms with Crippen LogP contribution in [0.3, 0.4) is 0 Å². The van der Waals surface area contributed by atoms with Crippen LogP contribution in [-0.2, 0) is 25.4 Å². The molecule has 2 aromatic rings. The first kappa shape index (κ1) is 17.1. The lowest BCUT2D eigenvalue weighted by Crippen LogP contribution is -2.08. The van der Waals surface area contributed by atoms with Crippen LogP contribution in [0.15, 0.2) is 47.7 Å². The van der Waals surface area contributed by atoms with Crippen molar-refractivity contribution in [1.82, 2.24) is 4.98 Å². The minimum absolute atomic E-state index is 0.205. The summed E-state index contributed by atoms with van der Waals surface area (Å²) in [6.45, 7) is 1.78. The van der Waals surface area contributed by atoms with Crippen LogP contribution in [0.1, 0.15) is 16.8 Å². The Kier molecular flexibility index (Phi) is 5.80. The molecule has 0 aliphatic rings. The highest BCUT2D eigenvalue weighted by Crippen LogP contribution is 2.12. The fraction of sp³-hybridized carbons (Fsp3) is 0.200. The second-order valence-electron chi connectivity index (χ2n) is 4.60. The van der Waals surface area contributed by atoms with Crippen LogP contribution in [0.5, 0.6) is 0 Å². The standard InChI is InChI=1S/C15H17N3O4S/c1-12-5-3-4-6-15(12)18-17-10-13-7-8-16-14(9-13)11-22-23(19,20)21-2/h3-10,18H,11H2,1-2H3. The van der Waals surface area contributed by atoms with Crippen LogP contribution in [-0.4, -0.2) is 26.7 Å². The number of hydrogen-bond acceptors (Lipinski definition) is 7. The van der Waals surface area contributed by atoms with E-state index in [1.807, 2.05) is 31.2 Å². The second-order valence-corrected chi connectivity index (χ2v) is 5.99. The number of hydrogen-bond donors (Lipinski definition) is 1. The van der Waals surface area contributed by atoms with Gasteiger partial charge in [0.05, 0.1) is 24.7 Å². The maximum atomic E-state index is 11.1. The average Bonchev–Trinajstić information content (AvgIpc) is 2.55. The predicted octanol–water partition coefficient (Wildman–Crippen LogP) is 2.24. The third-order valence-electron chi connectivity index (χ3n) is 2.94. The molecular formula is C15H17N3O4S. The number of hydrazone groups is 1. The summed E-state index contributed by atoms with van der Waals surface area (Å²) in [7, 11) is -2.94. The van der Waals surface area contributed by atoms with E-state index in [-0.39, 0.29) is 6.61 Å². The van der Waals surface area contributed by atoms with Crippen molar-refractivity contribution in [3.05, 3.63) is 59.4 Å². The average molecular weight is 335 g/mol. The van der Waals surface area contributed by atoms with E-state index >= 15 is 0 Å². The Morgan fingerprint density at radius 2 is 2.09 bits per heavy atom. The normalized spacial score (nSPS) is 11.7. The Bertz CT molecular complexity index is 791. The molecule has 2 rings (SSSR count). The molecule has 7 nitrogen and oxygen atoms in total. The molecule has 0 fully saturated rings. The van der Waals surface area contributed by atoms with Gasteiger partial charge in [-0.3, -0.25) is 14.6 Å². The first-order chi connectivity index (χ1) is 11.0. The molecule has 122 valence electrons. The summed E-state index contributed by atoms with van der Waals surface area (Å²) in [6.07, 6.45) is 3.16. The molecule has 0 saturated heterocycles. The van der Waals surface area contributed by atoms with Crippen molar-refractivity contribution in [2.45, 2.75) is 13.5 Å². The molecule has 0 saturated carbocycles. The fourth-order valence-electron chi connectivity index (χ4n) is 1.71. The quantitative estimate of drug-likeness (QED) is 0.616. The lowest BCUT2D eigenvalue weighted by atomic mass is 10.2. The van der Waals surface area contributed by atoms with Crippen molar-refractivity contribution in [3.63, 3.8) is 0 Å². The van der Waals surface area contributed by atoms with Gasteiger partial charge in [0.2, 0.25) is 0 Å². The molecule has 1 N–H and O–H groups in total. The first-order valence-electron chi connectivity index (χ1n) is 6.75. The van der Waals surface area contributed by atoms with Crippen LogP contribution in [0.2, 0.25) is 0 Å². The molecular weight excluding hydrogens is 318 g/mol. The lowest BCUT2D eigenvalue weighted by Gasteiger charge is -2.04. The van der Waals surface area contributed by atoms with Gasteiger partial charge in [-0.1, -0.05) is 18.2 Å². The van der Waals surface area contributed by atoms with E-state index in [0.717, 1.165) is 23.9 Å². The number of pyridine rings is 1. The molecule has 0 amide bonds. The van der Waals surface area contributed by atoms with Gasteiger partial charge in [-0.15, -0.1) is 0 Å². The van der Waals surface area contributed by atoms with Crippen molar-refractivity contribution in [1.29, 1.82) is 0 Å². The molecule has 1 heterocycles. The third-order valence-corrected chi connectivity index (χ3v) is 3.75. The minimum Gasteiger partial charge on any atom is -0.278 e. The van der Waals surface area contributed by atoms with Crippen LogP contribution < -0.4 is 5.43 Å². The summed E-state index contributed by atoms with van der Waals surface area (Å²) in [5.74, 6) is 0. The molecule has 1 aromatic carbocycles. The number of benzene rings is 1. The van der Waals surface area contributed by atoms with Crippen LogP contribution >= 0.6 is 0 Å². The molecule has 1 aromatic heterocycles. The Balaban J connectivity index is 2.00. The molecule has 0 aliphatic heterocycles. The van der Waals surface area contributed by atoms with Crippen molar-refractivity contribution < 1.29 is 16.8 Å². The highest BCUT2D eigenvalue weighted by Gasteiger charge is 2.09. The van der Waals surface area contributed by atoms with E-state index in [1.165, 1.54) is 0 Å². The van der Waals surface area contributed by atoms with Gasteiger partial charge in [-0.25, -0.2) is 4.18 Å². The van der Waals surface area contributed by atoms with E-state index in [9.17, 15) is 8.42 Å². The third kappa shape index (κ3) is 5.44.